The second-order valence-electron chi connectivity index (χ2n) is 6.18. The highest BCUT2D eigenvalue weighted by Crippen LogP contribution is 2.10. The zero-order valence-corrected chi connectivity index (χ0v) is 13.9. The van der Waals surface area contributed by atoms with E-state index in [1.54, 1.807) is 0 Å². The number of hydrogen-bond donors (Lipinski definition) is 0. The fourth-order valence-electron chi connectivity index (χ4n) is 2.32. The van der Waals surface area contributed by atoms with Gasteiger partial charge in [-0.15, -0.1) is 0 Å². The lowest BCUT2D eigenvalue weighted by Gasteiger charge is -2.19. The first-order chi connectivity index (χ1) is 9.47. The molecule has 0 aliphatic rings. The minimum absolute atomic E-state index is 0.271. The summed E-state index contributed by atoms with van der Waals surface area (Å²) in [6.45, 7) is 7.04. The van der Waals surface area contributed by atoms with Crippen molar-refractivity contribution in [2.24, 2.45) is 5.92 Å². The smallest absolute Gasteiger partial charge is 0.222 e. The predicted octanol–water partition coefficient (Wildman–Crippen LogP) is 4.20. The third kappa shape index (κ3) is 11.0. The van der Waals surface area contributed by atoms with Gasteiger partial charge in [0.05, 0.1) is 0 Å². The van der Waals surface area contributed by atoms with E-state index in [0.717, 1.165) is 38.6 Å². The minimum Gasteiger partial charge on any atom is -0.346 e. The van der Waals surface area contributed by atoms with Gasteiger partial charge in [-0.2, -0.15) is 0 Å². The number of unbranched alkanes of at least 4 members (excludes halogenated alkanes) is 5. The molecule has 0 spiro atoms. The third-order valence-corrected chi connectivity index (χ3v) is 3.56. The Bertz CT molecular complexity index is 274. The predicted molar refractivity (Wildman–Crippen MR) is 84.7 cm³/mol. The van der Waals surface area contributed by atoms with E-state index >= 15 is 0 Å². The lowest BCUT2D eigenvalue weighted by molar-refractivity contribution is -0.130. The van der Waals surface area contributed by atoms with E-state index in [9.17, 15) is 9.59 Å². The van der Waals surface area contributed by atoms with Crippen molar-refractivity contribution in [2.45, 2.75) is 78.6 Å². The molecule has 0 aromatic heterocycles. The monoisotopic (exact) mass is 283 g/mol. The first-order valence-corrected chi connectivity index (χ1v) is 8.23. The Kier molecular flexibility index (Phi) is 11.4. The fourth-order valence-corrected chi connectivity index (χ4v) is 2.32. The van der Waals surface area contributed by atoms with Gasteiger partial charge < -0.3 is 4.90 Å². The zero-order valence-electron chi connectivity index (χ0n) is 13.9. The molecule has 3 heteroatoms. The van der Waals surface area contributed by atoms with Crippen molar-refractivity contribution in [3.8, 4) is 0 Å². The fraction of sp³-hybridized carbons (Fsp3) is 0.882. The maximum atomic E-state index is 11.8. The Morgan fingerprint density at radius 1 is 0.900 bits per heavy atom. The normalized spacial score (nSPS) is 10.8. The van der Waals surface area contributed by atoms with E-state index in [1.165, 1.54) is 12.8 Å². The molecule has 0 atom stereocenters. The van der Waals surface area contributed by atoms with Gasteiger partial charge in [-0.1, -0.05) is 46.5 Å². The molecule has 0 radical (unpaired) electrons. The molecule has 0 heterocycles. The van der Waals surface area contributed by atoms with Crippen molar-refractivity contribution in [2.75, 3.05) is 13.6 Å². The van der Waals surface area contributed by atoms with E-state index in [1.807, 2.05) is 18.9 Å². The van der Waals surface area contributed by atoms with Gasteiger partial charge in [0.2, 0.25) is 5.91 Å². The van der Waals surface area contributed by atoms with Crippen LogP contribution in [-0.4, -0.2) is 30.2 Å². The van der Waals surface area contributed by atoms with Crippen LogP contribution in [0.2, 0.25) is 0 Å². The molecule has 0 aliphatic carbocycles. The molecular formula is C17H33NO2. The molecule has 20 heavy (non-hydrogen) atoms. The first-order valence-electron chi connectivity index (χ1n) is 8.23. The van der Waals surface area contributed by atoms with E-state index in [0.29, 0.717) is 24.5 Å². The molecule has 0 rings (SSSR count). The highest BCUT2D eigenvalue weighted by atomic mass is 16.2. The van der Waals surface area contributed by atoms with Crippen LogP contribution < -0.4 is 0 Å². The van der Waals surface area contributed by atoms with Crippen molar-refractivity contribution in [1.82, 2.24) is 4.90 Å². The van der Waals surface area contributed by atoms with Crippen LogP contribution in [0.1, 0.15) is 78.6 Å². The zero-order chi connectivity index (χ0) is 15.4. The largest absolute Gasteiger partial charge is 0.346 e. The quantitative estimate of drug-likeness (QED) is 0.503. The van der Waals surface area contributed by atoms with E-state index in [-0.39, 0.29) is 5.91 Å². The Balaban J connectivity index is 3.39. The van der Waals surface area contributed by atoms with Crippen molar-refractivity contribution in [3.05, 3.63) is 0 Å². The summed E-state index contributed by atoms with van der Waals surface area (Å²) in [6.07, 6.45) is 8.76. The molecule has 0 N–H and O–H groups in total. The van der Waals surface area contributed by atoms with E-state index < -0.39 is 0 Å². The molecule has 1 amide bonds. The third-order valence-electron chi connectivity index (χ3n) is 3.56. The summed E-state index contributed by atoms with van der Waals surface area (Å²) in [7, 11) is 1.90. The van der Waals surface area contributed by atoms with Crippen LogP contribution in [0.15, 0.2) is 0 Å². The van der Waals surface area contributed by atoms with E-state index in [2.05, 4.69) is 13.8 Å². The number of ketones is 1. The average molecular weight is 283 g/mol. The van der Waals surface area contributed by atoms with Gasteiger partial charge in [-0.25, -0.2) is 0 Å². The number of Topliss-reactive ketones (excluding diaryl/α,β-unsaturated/α-hetero) is 1. The summed E-state index contributed by atoms with van der Waals surface area (Å²) >= 11 is 0. The second-order valence-corrected chi connectivity index (χ2v) is 6.18. The maximum absolute atomic E-state index is 11.8. The number of amides is 1. The Morgan fingerprint density at radius 3 is 1.90 bits per heavy atom. The summed E-state index contributed by atoms with van der Waals surface area (Å²) in [5, 5.41) is 0. The summed E-state index contributed by atoms with van der Waals surface area (Å²) in [5.41, 5.74) is 0. The van der Waals surface area contributed by atoms with Gasteiger partial charge in [0.1, 0.15) is 5.78 Å². The van der Waals surface area contributed by atoms with Crippen LogP contribution in [0.3, 0.4) is 0 Å². The van der Waals surface area contributed by atoms with Crippen LogP contribution in [0.25, 0.3) is 0 Å². The Hall–Kier alpha value is -0.860. The summed E-state index contributed by atoms with van der Waals surface area (Å²) in [4.78, 5) is 24.8. The molecular weight excluding hydrogens is 250 g/mol. The number of hydrogen-bond acceptors (Lipinski definition) is 2. The highest BCUT2D eigenvalue weighted by Gasteiger charge is 2.09. The topological polar surface area (TPSA) is 37.4 Å². The molecule has 3 nitrogen and oxygen atoms in total. The van der Waals surface area contributed by atoms with E-state index in [4.69, 9.17) is 0 Å². The molecule has 0 fully saturated rings. The molecule has 0 unspecified atom stereocenters. The van der Waals surface area contributed by atoms with Crippen molar-refractivity contribution >= 4 is 11.7 Å². The van der Waals surface area contributed by atoms with Gasteiger partial charge >= 0.3 is 0 Å². The first kappa shape index (κ1) is 19.1. The second kappa shape index (κ2) is 11.9. The van der Waals surface area contributed by atoms with Crippen LogP contribution in [0, 0.1) is 5.92 Å². The lowest BCUT2D eigenvalue weighted by Crippen LogP contribution is -2.29. The standard InChI is InChI=1S/C17H33NO2/c1-5-16(19)12-10-8-6-7-9-11-13-17(20)18(4)14-15(2)3/h15H,5-14H2,1-4H3. The Morgan fingerprint density at radius 2 is 1.40 bits per heavy atom. The van der Waals surface area contributed by atoms with Crippen LogP contribution in [0.5, 0.6) is 0 Å². The summed E-state index contributed by atoms with van der Waals surface area (Å²) in [6, 6.07) is 0. The van der Waals surface area contributed by atoms with Gasteiger partial charge in [0, 0.05) is 32.9 Å². The minimum atomic E-state index is 0.271. The van der Waals surface area contributed by atoms with Crippen LogP contribution >= 0.6 is 0 Å². The number of carbonyl (C=O) groups excluding carboxylic acids is 2. The van der Waals surface area contributed by atoms with Gasteiger partial charge in [0.25, 0.3) is 0 Å². The Labute approximate surface area is 125 Å². The number of carbonyl (C=O) groups is 2. The number of rotatable bonds is 12. The van der Waals surface area contributed by atoms with Crippen LogP contribution in [-0.2, 0) is 9.59 Å². The average Bonchev–Trinajstić information content (AvgIpc) is 2.40. The van der Waals surface area contributed by atoms with Crippen molar-refractivity contribution < 1.29 is 9.59 Å². The van der Waals surface area contributed by atoms with Gasteiger partial charge in [-0.3, -0.25) is 9.59 Å². The van der Waals surface area contributed by atoms with Crippen molar-refractivity contribution in [3.63, 3.8) is 0 Å². The molecule has 0 aromatic carbocycles. The van der Waals surface area contributed by atoms with Crippen molar-refractivity contribution in [1.29, 1.82) is 0 Å². The summed E-state index contributed by atoms with van der Waals surface area (Å²) in [5.74, 6) is 1.19. The SMILES string of the molecule is CCC(=O)CCCCCCCCC(=O)N(C)CC(C)C. The van der Waals surface area contributed by atoms with Crippen LogP contribution in [0.4, 0.5) is 0 Å². The maximum Gasteiger partial charge on any atom is 0.222 e. The molecule has 0 aromatic rings. The molecule has 0 bridgehead atoms. The molecule has 0 saturated heterocycles. The van der Waals surface area contributed by atoms with Gasteiger partial charge in [0.15, 0.2) is 0 Å². The lowest BCUT2D eigenvalue weighted by atomic mass is 10.1. The summed E-state index contributed by atoms with van der Waals surface area (Å²) < 4.78 is 0. The number of nitrogens with zero attached hydrogens (tertiary/aromatic N) is 1. The molecule has 0 aliphatic heterocycles. The molecule has 118 valence electrons. The highest BCUT2D eigenvalue weighted by molar-refractivity contribution is 5.77. The molecule has 0 saturated carbocycles. The van der Waals surface area contributed by atoms with Gasteiger partial charge in [-0.05, 0) is 18.8 Å².